The fourth-order valence-electron chi connectivity index (χ4n) is 5.44. The van der Waals surface area contributed by atoms with Crippen LogP contribution in [0.1, 0.15) is 0 Å². The van der Waals surface area contributed by atoms with E-state index in [4.69, 9.17) is 9.97 Å². The van der Waals surface area contributed by atoms with E-state index in [-0.39, 0.29) is 0 Å². The van der Waals surface area contributed by atoms with Gasteiger partial charge < -0.3 is 0 Å². The molecule has 5 aromatic carbocycles. The molecule has 0 radical (unpaired) electrons. The van der Waals surface area contributed by atoms with Crippen LogP contribution in [0.15, 0.2) is 158 Å². The molecule has 7 rings (SSSR count). The van der Waals surface area contributed by atoms with Crippen molar-refractivity contribution in [1.82, 2.24) is 9.97 Å². The van der Waals surface area contributed by atoms with E-state index in [1.54, 1.807) is 0 Å². The molecule has 2 heterocycles. The van der Waals surface area contributed by atoms with Crippen molar-refractivity contribution in [3.8, 4) is 0 Å². The van der Waals surface area contributed by atoms with Crippen LogP contribution in [0.3, 0.4) is 0 Å². The monoisotopic (exact) mass is 514 g/mol. The standard InChI is InChI=1S/C36H26N4/c1-3-15-27(16-4-1)39(33-23-11-13-25-37-33)35-29-19-7-9-21-31(29)36(32-22-10-8-20-30(32)35)40(28-17-5-2-6-18-28)34-24-12-14-26-38-34/h1-26H. The van der Waals surface area contributed by atoms with Crippen LogP contribution in [0.2, 0.25) is 0 Å². The van der Waals surface area contributed by atoms with E-state index in [9.17, 15) is 0 Å². The van der Waals surface area contributed by atoms with Gasteiger partial charge in [0.25, 0.3) is 0 Å². The molecule has 0 N–H and O–H groups in total. The maximum Gasteiger partial charge on any atom is 0.137 e. The number of anilines is 6. The third-order valence-electron chi connectivity index (χ3n) is 7.11. The molecule has 190 valence electrons. The van der Waals surface area contributed by atoms with Crippen LogP contribution in [0, 0.1) is 0 Å². The molecule has 2 aromatic heterocycles. The molecule has 4 heteroatoms. The van der Waals surface area contributed by atoms with Gasteiger partial charge in [0.05, 0.1) is 11.4 Å². The van der Waals surface area contributed by atoms with Crippen LogP contribution in [-0.4, -0.2) is 9.97 Å². The third-order valence-corrected chi connectivity index (χ3v) is 7.11. The average Bonchev–Trinajstić information content (AvgIpc) is 3.04. The molecule has 40 heavy (non-hydrogen) atoms. The molecule has 0 atom stereocenters. The summed E-state index contributed by atoms with van der Waals surface area (Å²) < 4.78 is 0. The Morgan fingerprint density at radius 3 is 0.975 bits per heavy atom. The van der Waals surface area contributed by atoms with Gasteiger partial charge in [0.1, 0.15) is 11.6 Å². The van der Waals surface area contributed by atoms with Gasteiger partial charge in [-0.05, 0) is 48.5 Å². The molecule has 0 unspecified atom stereocenters. The Labute approximate surface area is 233 Å². The van der Waals surface area contributed by atoms with E-state index in [0.717, 1.165) is 55.9 Å². The highest BCUT2D eigenvalue weighted by Crippen LogP contribution is 2.50. The van der Waals surface area contributed by atoms with Crippen molar-refractivity contribution >= 4 is 55.9 Å². The zero-order valence-electron chi connectivity index (χ0n) is 21.8. The first kappa shape index (κ1) is 23.6. The number of nitrogens with zero attached hydrogens (tertiary/aromatic N) is 4. The Kier molecular flexibility index (Phi) is 6.11. The molecule has 0 saturated carbocycles. The smallest absolute Gasteiger partial charge is 0.137 e. The van der Waals surface area contributed by atoms with Crippen LogP contribution in [0.5, 0.6) is 0 Å². The Morgan fingerprint density at radius 1 is 0.325 bits per heavy atom. The molecular formula is C36H26N4. The predicted octanol–water partition coefficient (Wildman–Crippen LogP) is 9.72. The van der Waals surface area contributed by atoms with Gasteiger partial charge in [-0.2, -0.15) is 0 Å². The normalized spacial score (nSPS) is 11.0. The molecule has 0 bridgehead atoms. The van der Waals surface area contributed by atoms with Gasteiger partial charge in [-0.15, -0.1) is 0 Å². The molecule has 0 spiro atoms. The minimum absolute atomic E-state index is 0.862. The number of benzene rings is 5. The number of pyridine rings is 2. The summed E-state index contributed by atoms with van der Waals surface area (Å²) >= 11 is 0. The summed E-state index contributed by atoms with van der Waals surface area (Å²) in [4.78, 5) is 14.1. The lowest BCUT2D eigenvalue weighted by Gasteiger charge is -2.31. The SMILES string of the molecule is c1ccc(N(c2ccccn2)c2c3ccccc3c(N(c3ccccc3)c3ccccn3)c3ccccc23)cc1. The van der Waals surface area contributed by atoms with Gasteiger partial charge >= 0.3 is 0 Å². The minimum Gasteiger partial charge on any atom is -0.294 e. The molecule has 4 nitrogen and oxygen atoms in total. The van der Waals surface area contributed by atoms with Gasteiger partial charge in [0, 0.05) is 45.3 Å². The van der Waals surface area contributed by atoms with Crippen molar-refractivity contribution in [2.75, 3.05) is 9.80 Å². The van der Waals surface area contributed by atoms with Crippen LogP contribution < -0.4 is 9.80 Å². The molecule has 0 fully saturated rings. The Balaban J connectivity index is 1.62. The summed E-state index contributed by atoms with van der Waals surface area (Å²) in [7, 11) is 0. The second kappa shape index (κ2) is 10.4. The average molecular weight is 515 g/mol. The highest BCUT2D eigenvalue weighted by molar-refractivity contribution is 6.23. The first-order chi connectivity index (χ1) is 19.9. The Hall–Kier alpha value is -5.48. The van der Waals surface area contributed by atoms with E-state index in [0.29, 0.717) is 0 Å². The highest BCUT2D eigenvalue weighted by atomic mass is 15.2. The van der Waals surface area contributed by atoms with Crippen LogP contribution in [0.4, 0.5) is 34.4 Å². The number of rotatable bonds is 6. The van der Waals surface area contributed by atoms with Crippen LogP contribution in [-0.2, 0) is 0 Å². The predicted molar refractivity (Wildman–Crippen MR) is 166 cm³/mol. The number of fused-ring (bicyclic) bond motifs is 2. The summed E-state index contributed by atoms with van der Waals surface area (Å²) in [5, 5.41) is 4.51. The lowest BCUT2D eigenvalue weighted by molar-refractivity contribution is 1.18. The fraction of sp³-hybridized carbons (Fsp3) is 0. The van der Waals surface area contributed by atoms with E-state index in [1.165, 1.54) is 0 Å². The first-order valence-electron chi connectivity index (χ1n) is 13.4. The fourth-order valence-corrected chi connectivity index (χ4v) is 5.44. The van der Waals surface area contributed by atoms with E-state index in [1.807, 2.05) is 48.8 Å². The summed E-state index contributed by atoms with van der Waals surface area (Å²) in [6.45, 7) is 0. The van der Waals surface area contributed by atoms with E-state index in [2.05, 4.69) is 119 Å². The maximum absolute atomic E-state index is 4.80. The van der Waals surface area contributed by atoms with Crippen LogP contribution >= 0.6 is 0 Å². The molecule has 0 saturated heterocycles. The van der Waals surface area contributed by atoms with E-state index < -0.39 is 0 Å². The van der Waals surface area contributed by atoms with Crippen molar-refractivity contribution in [2.24, 2.45) is 0 Å². The van der Waals surface area contributed by atoms with Gasteiger partial charge in [-0.1, -0.05) is 97.1 Å². The van der Waals surface area contributed by atoms with Gasteiger partial charge in [0.2, 0.25) is 0 Å². The summed E-state index contributed by atoms with van der Waals surface area (Å²) in [5.41, 5.74) is 4.28. The number of hydrogen-bond donors (Lipinski definition) is 0. The van der Waals surface area contributed by atoms with Crippen molar-refractivity contribution in [2.45, 2.75) is 0 Å². The Morgan fingerprint density at radius 2 is 0.650 bits per heavy atom. The second-order valence-corrected chi connectivity index (χ2v) is 9.51. The lowest BCUT2D eigenvalue weighted by Crippen LogP contribution is -2.15. The minimum atomic E-state index is 0.862. The molecule has 0 aliphatic rings. The van der Waals surface area contributed by atoms with Gasteiger partial charge in [-0.3, -0.25) is 9.80 Å². The molecule has 0 aliphatic carbocycles. The third kappa shape index (κ3) is 4.12. The molecular weight excluding hydrogens is 488 g/mol. The molecule has 0 amide bonds. The van der Waals surface area contributed by atoms with Crippen molar-refractivity contribution in [1.29, 1.82) is 0 Å². The zero-order chi connectivity index (χ0) is 26.7. The molecule has 0 aliphatic heterocycles. The van der Waals surface area contributed by atoms with Crippen molar-refractivity contribution in [3.63, 3.8) is 0 Å². The topological polar surface area (TPSA) is 32.3 Å². The highest BCUT2D eigenvalue weighted by Gasteiger charge is 2.25. The number of hydrogen-bond acceptors (Lipinski definition) is 4. The molecule has 7 aromatic rings. The van der Waals surface area contributed by atoms with Crippen molar-refractivity contribution < 1.29 is 0 Å². The number of para-hydroxylation sites is 2. The first-order valence-corrected chi connectivity index (χ1v) is 13.4. The van der Waals surface area contributed by atoms with E-state index >= 15 is 0 Å². The number of aromatic nitrogens is 2. The summed E-state index contributed by atoms with van der Waals surface area (Å²) in [5.74, 6) is 1.72. The largest absolute Gasteiger partial charge is 0.294 e. The Bertz CT molecular complexity index is 1610. The summed E-state index contributed by atoms with van der Waals surface area (Å²) in [6.07, 6.45) is 3.70. The van der Waals surface area contributed by atoms with Crippen LogP contribution in [0.25, 0.3) is 21.5 Å². The van der Waals surface area contributed by atoms with Gasteiger partial charge in [0.15, 0.2) is 0 Å². The van der Waals surface area contributed by atoms with Gasteiger partial charge in [-0.25, -0.2) is 9.97 Å². The summed E-state index contributed by atoms with van der Waals surface area (Å²) in [6, 6.07) is 50.3. The second-order valence-electron chi connectivity index (χ2n) is 9.51. The maximum atomic E-state index is 4.80. The lowest BCUT2D eigenvalue weighted by atomic mass is 9.96. The van der Waals surface area contributed by atoms with Crippen molar-refractivity contribution in [3.05, 3.63) is 158 Å². The zero-order valence-corrected chi connectivity index (χ0v) is 21.8. The quantitative estimate of drug-likeness (QED) is 0.163.